The van der Waals surface area contributed by atoms with Gasteiger partial charge < -0.3 is 19.5 Å². The number of ether oxygens (including phenoxy) is 3. The van der Waals surface area contributed by atoms with Gasteiger partial charge in [-0.2, -0.15) is 0 Å². The SMILES string of the molecule is CCOC(=O)OC(=O)CCCCCCNC(=O)OC(C)(C)C. The molecule has 0 saturated carbocycles. The Kier molecular flexibility index (Phi) is 9.98. The molecule has 0 radical (unpaired) electrons. The van der Waals surface area contributed by atoms with Gasteiger partial charge in [0.25, 0.3) is 0 Å². The molecule has 22 heavy (non-hydrogen) atoms. The van der Waals surface area contributed by atoms with Gasteiger partial charge in [0.05, 0.1) is 6.61 Å². The predicted molar refractivity (Wildman–Crippen MR) is 80.4 cm³/mol. The minimum atomic E-state index is -0.950. The monoisotopic (exact) mass is 317 g/mol. The average molecular weight is 317 g/mol. The zero-order valence-electron chi connectivity index (χ0n) is 13.9. The molecule has 0 aliphatic carbocycles. The lowest BCUT2D eigenvalue weighted by Crippen LogP contribution is -2.32. The first-order chi connectivity index (χ1) is 10.2. The van der Waals surface area contributed by atoms with Crippen molar-refractivity contribution in [2.75, 3.05) is 13.2 Å². The van der Waals surface area contributed by atoms with Gasteiger partial charge in [0.2, 0.25) is 0 Å². The molecule has 0 aliphatic rings. The number of unbranched alkanes of at least 4 members (excludes halogenated alkanes) is 3. The van der Waals surface area contributed by atoms with Crippen molar-refractivity contribution in [3.63, 3.8) is 0 Å². The van der Waals surface area contributed by atoms with E-state index in [0.717, 1.165) is 19.3 Å². The highest BCUT2D eigenvalue weighted by atomic mass is 16.7. The number of amides is 1. The van der Waals surface area contributed by atoms with Gasteiger partial charge in [-0.1, -0.05) is 12.8 Å². The second-order valence-corrected chi connectivity index (χ2v) is 5.75. The first kappa shape index (κ1) is 20.2. The molecule has 0 aromatic carbocycles. The minimum Gasteiger partial charge on any atom is -0.444 e. The summed E-state index contributed by atoms with van der Waals surface area (Å²) < 4.78 is 14.0. The van der Waals surface area contributed by atoms with Crippen molar-refractivity contribution in [3.8, 4) is 0 Å². The fourth-order valence-corrected chi connectivity index (χ4v) is 1.54. The van der Waals surface area contributed by atoms with E-state index < -0.39 is 23.8 Å². The fourth-order valence-electron chi connectivity index (χ4n) is 1.54. The molecule has 0 saturated heterocycles. The van der Waals surface area contributed by atoms with Gasteiger partial charge in [-0.15, -0.1) is 0 Å². The van der Waals surface area contributed by atoms with Crippen molar-refractivity contribution in [1.29, 1.82) is 0 Å². The topological polar surface area (TPSA) is 90.9 Å². The van der Waals surface area contributed by atoms with Gasteiger partial charge in [0.15, 0.2) is 0 Å². The highest BCUT2D eigenvalue weighted by Gasteiger charge is 2.15. The maximum atomic E-state index is 11.4. The molecular formula is C15H27NO6. The Bertz CT molecular complexity index is 362. The van der Waals surface area contributed by atoms with Crippen LogP contribution in [-0.4, -0.2) is 37.0 Å². The van der Waals surface area contributed by atoms with Crippen LogP contribution in [0.1, 0.15) is 59.8 Å². The van der Waals surface area contributed by atoms with Crippen LogP contribution in [0.25, 0.3) is 0 Å². The second kappa shape index (κ2) is 10.9. The summed E-state index contributed by atoms with van der Waals surface area (Å²) in [5.41, 5.74) is -0.497. The standard InChI is InChI=1S/C15H27NO6/c1-5-20-14(19)21-12(17)10-8-6-7-9-11-16-13(18)22-15(2,3)4/h5-11H2,1-4H3,(H,16,18). The smallest absolute Gasteiger partial charge is 0.444 e. The molecule has 0 spiro atoms. The quantitative estimate of drug-likeness (QED) is 0.420. The fraction of sp³-hybridized carbons (Fsp3) is 0.800. The summed E-state index contributed by atoms with van der Waals surface area (Å²) in [5, 5.41) is 2.67. The number of esters is 1. The van der Waals surface area contributed by atoms with Crippen LogP contribution >= 0.6 is 0 Å². The number of rotatable bonds is 8. The Morgan fingerprint density at radius 3 is 2.23 bits per heavy atom. The molecule has 0 atom stereocenters. The highest BCUT2D eigenvalue weighted by Crippen LogP contribution is 2.07. The molecule has 0 fully saturated rings. The van der Waals surface area contributed by atoms with Crippen molar-refractivity contribution >= 4 is 18.2 Å². The third kappa shape index (κ3) is 13.2. The van der Waals surface area contributed by atoms with Crippen molar-refractivity contribution in [1.82, 2.24) is 5.32 Å². The molecule has 0 aromatic heterocycles. The molecule has 128 valence electrons. The van der Waals surface area contributed by atoms with Crippen molar-refractivity contribution < 1.29 is 28.6 Å². The van der Waals surface area contributed by atoms with E-state index in [-0.39, 0.29) is 13.0 Å². The van der Waals surface area contributed by atoms with Crippen LogP contribution in [0.2, 0.25) is 0 Å². The summed E-state index contributed by atoms with van der Waals surface area (Å²) >= 11 is 0. The Labute approximate surface area is 131 Å². The van der Waals surface area contributed by atoms with E-state index in [0.29, 0.717) is 13.0 Å². The molecule has 1 amide bonds. The lowest BCUT2D eigenvalue weighted by atomic mass is 10.1. The average Bonchev–Trinajstić information content (AvgIpc) is 2.35. The second-order valence-electron chi connectivity index (χ2n) is 5.75. The Morgan fingerprint density at radius 2 is 1.64 bits per heavy atom. The first-order valence-electron chi connectivity index (χ1n) is 7.59. The number of nitrogens with one attached hydrogen (secondary N) is 1. The molecule has 0 heterocycles. The van der Waals surface area contributed by atoms with Gasteiger partial charge in [-0.3, -0.25) is 4.79 Å². The van der Waals surface area contributed by atoms with Crippen molar-refractivity contribution in [3.05, 3.63) is 0 Å². The number of carbonyl (C=O) groups is 3. The van der Waals surface area contributed by atoms with E-state index in [1.54, 1.807) is 6.92 Å². The van der Waals surface area contributed by atoms with Crippen molar-refractivity contribution in [2.45, 2.75) is 65.4 Å². The van der Waals surface area contributed by atoms with E-state index in [9.17, 15) is 14.4 Å². The number of hydrogen-bond donors (Lipinski definition) is 1. The highest BCUT2D eigenvalue weighted by molar-refractivity contribution is 5.81. The van der Waals surface area contributed by atoms with Crippen LogP contribution in [0.5, 0.6) is 0 Å². The predicted octanol–water partition coefficient (Wildman–Crippen LogP) is 3.16. The summed E-state index contributed by atoms with van der Waals surface area (Å²) in [5.74, 6) is -0.578. The maximum absolute atomic E-state index is 11.4. The zero-order chi connectivity index (χ0) is 17.0. The Balaban J connectivity index is 3.49. The Morgan fingerprint density at radius 1 is 1.00 bits per heavy atom. The molecule has 7 nitrogen and oxygen atoms in total. The number of alkyl carbamates (subject to hydrolysis) is 1. The van der Waals surface area contributed by atoms with E-state index in [4.69, 9.17) is 4.74 Å². The first-order valence-corrected chi connectivity index (χ1v) is 7.59. The van der Waals surface area contributed by atoms with Crippen LogP contribution in [0, 0.1) is 0 Å². The van der Waals surface area contributed by atoms with Gasteiger partial charge >= 0.3 is 18.2 Å². The van der Waals surface area contributed by atoms with E-state index in [1.165, 1.54) is 0 Å². The van der Waals surface area contributed by atoms with Crippen molar-refractivity contribution in [2.24, 2.45) is 0 Å². The third-order valence-corrected chi connectivity index (χ3v) is 2.44. The molecule has 7 heteroatoms. The number of hydrogen-bond acceptors (Lipinski definition) is 6. The maximum Gasteiger partial charge on any atom is 0.516 e. The van der Waals surface area contributed by atoms with E-state index in [2.05, 4.69) is 14.8 Å². The lowest BCUT2D eigenvalue weighted by molar-refractivity contribution is -0.139. The third-order valence-electron chi connectivity index (χ3n) is 2.44. The van der Waals surface area contributed by atoms with Gasteiger partial charge in [-0.25, -0.2) is 9.59 Å². The summed E-state index contributed by atoms with van der Waals surface area (Å²) in [6, 6.07) is 0. The van der Waals surface area contributed by atoms with Crippen LogP contribution in [-0.2, 0) is 19.0 Å². The van der Waals surface area contributed by atoms with Crippen LogP contribution < -0.4 is 5.32 Å². The summed E-state index contributed by atoms with van der Waals surface area (Å²) in [4.78, 5) is 33.5. The van der Waals surface area contributed by atoms with Crippen LogP contribution in [0.3, 0.4) is 0 Å². The molecular weight excluding hydrogens is 290 g/mol. The van der Waals surface area contributed by atoms with Gasteiger partial charge in [0.1, 0.15) is 5.60 Å². The molecule has 0 aliphatic heterocycles. The van der Waals surface area contributed by atoms with Crippen LogP contribution in [0.15, 0.2) is 0 Å². The number of carbonyl (C=O) groups excluding carboxylic acids is 3. The largest absolute Gasteiger partial charge is 0.516 e. The molecule has 0 rings (SSSR count). The summed E-state index contributed by atoms with van der Waals surface area (Å²) in [6.45, 7) is 7.77. The summed E-state index contributed by atoms with van der Waals surface area (Å²) in [6.07, 6.45) is 1.91. The minimum absolute atomic E-state index is 0.177. The summed E-state index contributed by atoms with van der Waals surface area (Å²) in [7, 11) is 0. The van der Waals surface area contributed by atoms with Crippen LogP contribution in [0.4, 0.5) is 9.59 Å². The van der Waals surface area contributed by atoms with E-state index in [1.807, 2.05) is 20.8 Å². The molecule has 0 unspecified atom stereocenters. The lowest BCUT2D eigenvalue weighted by Gasteiger charge is -2.19. The van der Waals surface area contributed by atoms with Gasteiger partial charge in [0, 0.05) is 13.0 Å². The Hall–Kier alpha value is -1.79. The molecule has 0 aromatic rings. The van der Waals surface area contributed by atoms with E-state index >= 15 is 0 Å². The normalized spacial score (nSPS) is 10.7. The molecule has 1 N–H and O–H groups in total. The molecule has 0 bridgehead atoms. The van der Waals surface area contributed by atoms with Gasteiger partial charge in [-0.05, 0) is 40.5 Å². The zero-order valence-corrected chi connectivity index (χ0v) is 13.9.